The zero-order chi connectivity index (χ0) is 23.8. The Morgan fingerprint density at radius 1 is 1.06 bits per heavy atom. The van der Waals surface area contributed by atoms with Gasteiger partial charge in [0.25, 0.3) is 0 Å². The summed E-state index contributed by atoms with van der Waals surface area (Å²) >= 11 is 0. The molecule has 0 fully saturated rings. The first-order chi connectivity index (χ1) is 16.4. The second-order valence-electron chi connectivity index (χ2n) is 8.06. The molecule has 2 aromatic carbocycles. The van der Waals surface area contributed by atoms with E-state index in [2.05, 4.69) is 0 Å². The Hall–Kier alpha value is -4.13. The fourth-order valence-corrected chi connectivity index (χ4v) is 4.21. The van der Waals surface area contributed by atoms with E-state index in [4.69, 9.17) is 14.1 Å². The number of allylic oxidation sites excluding steroid dienone is 1. The van der Waals surface area contributed by atoms with Crippen molar-refractivity contribution in [2.75, 3.05) is 0 Å². The largest absolute Gasteiger partial charge is 0.465 e. The van der Waals surface area contributed by atoms with Gasteiger partial charge in [-0.1, -0.05) is 18.2 Å². The molecule has 2 heterocycles. The first-order valence-corrected chi connectivity index (χ1v) is 10.8. The lowest BCUT2D eigenvalue weighted by molar-refractivity contribution is 0.0319. The van der Waals surface area contributed by atoms with Crippen LogP contribution in [0.5, 0.6) is 0 Å². The molecule has 0 saturated heterocycles. The third-order valence-electron chi connectivity index (χ3n) is 5.86. The van der Waals surface area contributed by atoms with Gasteiger partial charge in [-0.3, -0.25) is 4.79 Å². The monoisotopic (exact) mass is 459 g/mol. The van der Waals surface area contributed by atoms with Crippen LogP contribution in [-0.2, 0) is 11.2 Å². The fraction of sp³-hybridized carbons (Fsp3) is 0.148. The van der Waals surface area contributed by atoms with Gasteiger partial charge >= 0.3 is 5.97 Å². The number of para-hydroxylation sites is 1. The zero-order valence-electron chi connectivity index (χ0n) is 18.2. The van der Waals surface area contributed by atoms with E-state index in [1.54, 1.807) is 24.5 Å². The molecule has 0 saturated carbocycles. The summed E-state index contributed by atoms with van der Waals surface area (Å²) in [5, 5.41) is 0.623. The van der Waals surface area contributed by atoms with Gasteiger partial charge in [0.1, 0.15) is 5.76 Å². The number of nitrogens with zero attached hydrogens (tertiary/aromatic N) is 1. The molecule has 170 valence electrons. The smallest absolute Gasteiger partial charge is 0.339 e. The molecular weight excluding hydrogens is 440 g/mol. The maximum absolute atomic E-state index is 13.6. The van der Waals surface area contributed by atoms with Crippen LogP contribution >= 0.6 is 0 Å². The summed E-state index contributed by atoms with van der Waals surface area (Å²) in [6, 6.07) is 13.7. The molecule has 1 unspecified atom stereocenters. The van der Waals surface area contributed by atoms with E-state index < -0.39 is 29.5 Å². The van der Waals surface area contributed by atoms with Crippen molar-refractivity contribution in [3.05, 3.63) is 101 Å². The standard InChI is InChI=1S/C27H19F2NO4/c1-15(26(31)17-9-11-21(28)22(29)14-17)34-27(32)24-19-6-2-3-7-23(19)30-25-16(8-10-20(24)25)13-18-5-4-12-33-18/h2-7,9,11-15H,8,10H2,1H3/b16-13+. The minimum atomic E-state index is -1.19. The lowest BCUT2D eigenvalue weighted by Gasteiger charge is -2.16. The predicted octanol–water partition coefficient (Wildman–Crippen LogP) is 6.02. The van der Waals surface area contributed by atoms with Crippen molar-refractivity contribution < 1.29 is 27.5 Å². The van der Waals surface area contributed by atoms with Crippen molar-refractivity contribution in [3.63, 3.8) is 0 Å². The Morgan fingerprint density at radius 3 is 2.65 bits per heavy atom. The number of esters is 1. The summed E-state index contributed by atoms with van der Waals surface area (Å²) in [4.78, 5) is 30.8. The van der Waals surface area contributed by atoms with Crippen molar-refractivity contribution in [2.45, 2.75) is 25.9 Å². The quantitative estimate of drug-likeness (QED) is 0.270. The molecule has 4 aromatic rings. The number of ketones is 1. The average molecular weight is 459 g/mol. The Labute approximate surface area is 193 Å². The van der Waals surface area contributed by atoms with Crippen LogP contribution in [0.2, 0.25) is 0 Å². The van der Waals surface area contributed by atoms with Crippen molar-refractivity contribution in [2.24, 2.45) is 0 Å². The van der Waals surface area contributed by atoms with Crippen molar-refractivity contribution in [1.29, 1.82) is 0 Å². The summed E-state index contributed by atoms with van der Waals surface area (Å²) in [5.74, 6) is -2.80. The first kappa shape index (κ1) is 21.7. The molecular formula is C27H19F2NO4. The number of benzene rings is 2. The molecule has 0 bridgehead atoms. The number of furan rings is 1. The SMILES string of the molecule is CC(OC(=O)c1c2c(nc3ccccc13)/C(=C/c1ccco1)CC2)C(=O)c1ccc(F)c(F)c1. The van der Waals surface area contributed by atoms with Gasteiger partial charge < -0.3 is 9.15 Å². The van der Waals surface area contributed by atoms with Gasteiger partial charge in [0, 0.05) is 10.9 Å². The van der Waals surface area contributed by atoms with Crippen LogP contribution in [0, 0.1) is 11.6 Å². The number of carbonyl (C=O) groups is 2. The summed E-state index contributed by atoms with van der Waals surface area (Å²) in [7, 11) is 0. The molecule has 5 rings (SSSR count). The second-order valence-corrected chi connectivity index (χ2v) is 8.06. The minimum Gasteiger partial charge on any atom is -0.465 e. The van der Waals surface area contributed by atoms with E-state index in [-0.39, 0.29) is 5.56 Å². The third kappa shape index (κ3) is 3.90. The molecule has 1 aliphatic rings. The van der Waals surface area contributed by atoms with Crippen LogP contribution in [0.15, 0.2) is 65.3 Å². The topological polar surface area (TPSA) is 69.4 Å². The maximum atomic E-state index is 13.6. The van der Waals surface area contributed by atoms with E-state index in [1.165, 1.54) is 6.92 Å². The first-order valence-electron chi connectivity index (χ1n) is 10.8. The van der Waals surface area contributed by atoms with Crippen LogP contribution in [0.4, 0.5) is 8.78 Å². The maximum Gasteiger partial charge on any atom is 0.339 e. The van der Waals surface area contributed by atoms with E-state index in [0.717, 1.165) is 29.3 Å². The molecule has 1 aliphatic carbocycles. The molecule has 2 aromatic heterocycles. The number of pyridine rings is 1. The second kappa shape index (κ2) is 8.67. The van der Waals surface area contributed by atoms with E-state index >= 15 is 0 Å². The van der Waals surface area contributed by atoms with Crippen LogP contribution in [0.25, 0.3) is 22.6 Å². The van der Waals surface area contributed by atoms with Crippen LogP contribution in [-0.4, -0.2) is 22.8 Å². The Kier molecular flexibility index (Phi) is 5.53. The number of halogens is 2. The van der Waals surface area contributed by atoms with E-state index in [1.807, 2.05) is 24.3 Å². The lowest BCUT2D eigenvalue weighted by atomic mass is 10.0. The van der Waals surface area contributed by atoms with Crippen molar-refractivity contribution in [3.8, 4) is 0 Å². The number of hydrogen-bond acceptors (Lipinski definition) is 5. The van der Waals surface area contributed by atoms with Gasteiger partial charge in [0.05, 0.1) is 23.0 Å². The number of aromatic nitrogens is 1. The molecule has 0 N–H and O–H groups in total. The fourth-order valence-electron chi connectivity index (χ4n) is 4.21. The molecule has 0 amide bonds. The van der Waals surface area contributed by atoms with Crippen LogP contribution in [0.3, 0.4) is 0 Å². The molecule has 0 radical (unpaired) electrons. The number of carbonyl (C=O) groups excluding carboxylic acids is 2. The highest BCUT2D eigenvalue weighted by Crippen LogP contribution is 2.38. The predicted molar refractivity (Wildman–Crippen MR) is 122 cm³/mol. The molecule has 7 heteroatoms. The number of fused-ring (bicyclic) bond motifs is 2. The highest BCUT2D eigenvalue weighted by atomic mass is 19.2. The van der Waals surface area contributed by atoms with Crippen molar-refractivity contribution >= 4 is 34.3 Å². The summed E-state index contributed by atoms with van der Waals surface area (Å²) in [6.07, 6.45) is 3.54. The Morgan fingerprint density at radius 2 is 1.88 bits per heavy atom. The lowest BCUT2D eigenvalue weighted by Crippen LogP contribution is -2.25. The third-order valence-corrected chi connectivity index (χ3v) is 5.86. The zero-order valence-corrected chi connectivity index (χ0v) is 18.2. The van der Waals surface area contributed by atoms with E-state index in [0.29, 0.717) is 40.8 Å². The van der Waals surface area contributed by atoms with Crippen LogP contribution in [0.1, 0.15) is 51.1 Å². The average Bonchev–Trinajstić information content (AvgIpc) is 3.49. The molecule has 0 aliphatic heterocycles. The van der Waals surface area contributed by atoms with Gasteiger partial charge in [0.2, 0.25) is 5.78 Å². The summed E-state index contributed by atoms with van der Waals surface area (Å²) in [5.41, 5.74) is 3.28. The van der Waals surface area contributed by atoms with Gasteiger partial charge in [0.15, 0.2) is 17.7 Å². The van der Waals surface area contributed by atoms with Crippen molar-refractivity contribution in [1.82, 2.24) is 4.98 Å². The molecule has 5 nitrogen and oxygen atoms in total. The highest BCUT2D eigenvalue weighted by molar-refractivity contribution is 6.08. The normalized spacial score (nSPS) is 14.9. The van der Waals surface area contributed by atoms with Gasteiger partial charge in [-0.05, 0) is 73.4 Å². The van der Waals surface area contributed by atoms with Gasteiger partial charge in [-0.2, -0.15) is 0 Å². The molecule has 0 spiro atoms. The van der Waals surface area contributed by atoms with Gasteiger partial charge in [-0.25, -0.2) is 18.6 Å². The number of ether oxygens (including phenoxy) is 1. The summed E-state index contributed by atoms with van der Waals surface area (Å²) < 4.78 is 37.8. The summed E-state index contributed by atoms with van der Waals surface area (Å²) in [6.45, 7) is 1.41. The number of Topliss-reactive ketones (excluding diaryl/α,β-unsaturated/α-hetero) is 1. The van der Waals surface area contributed by atoms with E-state index in [9.17, 15) is 18.4 Å². The Bertz CT molecular complexity index is 1460. The highest BCUT2D eigenvalue weighted by Gasteiger charge is 2.30. The Balaban J connectivity index is 1.51. The molecule has 1 atom stereocenters. The number of rotatable bonds is 5. The minimum absolute atomic E-state index is 0.0762. The van der Waals surface area contributed by atoms with Gasteiger partial charge in [-0.15, -0.1) is 0 Å². The number of hydrogen-bond donors (Lipinski definition) is 0. The van der Waals surface area contributed by atoms with Crippen LogP contribution < -0.4 is 0 Å². The molecule has 34 heavy (non-hydrogen) atoms.